The third-order valence-corrected chi connectivity index (χ3v) is 2.12. The zero-order valence-corrected chi connectivity index (χ0v) is 6.09. The summed E-state index contributed by atoms with van der Waals surface area (Å²) in [5.74, 6) is -0.385. The Morgan fingerprint density at radius 3 is 2.70 bits per heavy atom. The number of carbonyl (C=O) groups excluding carboxylic acids is 2. The van der Waals surface area contributed by atoms with E-state index >= 15 is 0 Å². The van der Waals surface area contributed by atoms with Crippen LogP contribution >= 0.6 is 0 Å². The van der Waals surface area contributed by atoms with Crippen molar-refractivity contribution in [3.8, 4) is 0 Å². The van der Waals surface area contributed by atoms with E-state index in [1.165, 1.54) is 7.11 Å². The molecule has 0 aromatic carbocycles. The first-order valence-electron chi connectivity index (χ1n) is 3.19. The second kappa shape index (κ2) is 2.08. The molecule has 1 saturated carbocycles. The SMILES string of the molecule is COC(=O)C1(C)CC1C=O. The summed E-state index contributed by atoms with van der Waals surface area (Å²) < 4.78 is 4.51. The summed E-state index contributed by atoms with van der Waals surface area (Å²) in [6.45, 7) is 1.75. The van der Waals surface area contributed by atoms with E-state index in [2.05, 4.69) is 4.74 Å². The normalized spacial score (nSPS) is 36.8. The number of hydrogen-bond acceptors (Lipinski definition) is 3. The maximum Gasteiger partial charge on any atom is 0.312 e. The minimum Gasteiger partial charge on any atom is -0.469 e. The second-order valence-corrected chi connectivity index (χ2v) is 2.86. The van der Waals surface area contributed by atoms with Crippen LogP contribution in [0.2, 0.25) is 0 Å². The Kier molecular flexibility index (Phi) is 1.50. The number of carbonyl (C=O) groups is 2. The molecule has 10 heavy (non-hydrogen) atoms. The van der Waals surface area contributed by atoms with Gasteiger partial charge < -0.3 is 9.53 Å². The van der Waals surface area contributed by atoms with Crippen LogP contribution in [0.25, 0.3) is 0 Å². The highest BCUT2D eigenvalue weighted by Gasteiger charge is 2.57. The van der Waals surface area contributed by atoms with E-state index in [0.29, 0.717) is 6.42 Å². The van der Waals surface area contributed by atoms with Crippen LogP contribution < -0.4 is 0 Å². The van der Waals surface area contributed by atoms with Crippen LogP contribution in [-0.4, -0.2) is 19.4 Å². The van der Waals surface area contributed by atoms with Crippen LogP contribution in [0.5, 0.6) is 0 Å². The molecule has 1 rings (SSSR count). The maximum atomic E-state index is 10.9. The summed E-state index contributed by atoms with van der Waals surface area (Å²) in [6, 6.07) is 0. The standard InChI is InChI=1S/C7H10O3/c1-7(6(9)10-2)3-5(7)4-8/h4-5H,3H2,1-2H3. The molecule has 0 aromatic rings. The molecular formula is C7H10O3. The van der Waals surface area contributed by atoms with Crippen LogP contribution in [0, 0.1) is 11.3 Å². The Morgan fingerprint density at radius 1 is 1.80 bits per heavy atom. The fourth-order valence-electron chi connectivity index (χ4n) is 1.06. The Bertz CT molecular complexity index is 176. The first kappa shape index (κ1) is 7.25. The van der Waals surface area contributed by atoms with Gasteiger partial charge in [0.15, 0.2) is 0 Å². The van der Waals surface area contributed by atoms with Crippen LogP contribution in [0.1, 0.15) is 13.3 Å². The predicted octanol–water partition coefficient (Wildman–Crippen LogP) is 0.384. The average molecular weight is 142 g/mol. The van der Waals surface area contributed by atoms with Crippen molar-refractivity contribution in [3.63, 3.8) is 0 Å². The van der Waals surface area contributed by atoms with Crippen molar-refractivity contribution >= 4 is 12.3 Å². The molecule has 1 aliphatic rings. The highest BCUT2D eigenvalue weighted by molar-refractivity contribution is 5.85. The summed E-state index contributed by atoms with van der Waals surface area (Å²) in [5, 5.41) is 0. The zero-order chi connectivity index (χ0) is 7.78. The summed E-state index contributed by atoms with van der Waals surface area (Å²) >= 11 is 0. The molecular weight excluding hydrogens is 132 g/mol. The molecule has 0 amide bonds. The number of aldehydes is 1. The molecule has 1 fully saturated rings. The molecule has 0 aromatic heterocycles. The molecule has 3 nitrogen and oxygen atoms in total. The van der Waals surface area contributed by atoms with Crippen molar-refractivity contribution in [2.24, 2.45) is 11.3 Å². The Hall–Kier alpha value is -0.860. The molecule has 0 bridgehead atoms. The molecule has 0 aliphatic heterocycles. The number of esters is 1. The molecule has 0 spiro atoms. The van der Waals surface area contributed by atoms with Gasteiger partial charge in [0.2, 0.25) is 0 Å². The maximum absolute atomic E-state index is 10.9. The Morgan fingerprint density at radius 2 is 2.40 bits per heavy atom. The number of rotatable bonds is 2. The number of methoxy groups -OCH3 is 1. The Balaban J connectivity index is 2.58. The van der Waals surface area contributed by atoms with Crippen molar-refractivity contribution < 1.29 is 14.3 Å². The van der Waals surface area contributed by atoms with Gasteiger partial charge in [-0.15, -0.1) is 0 Å². The molecule has 56 valence electrons. The van der Waals surface area contributed by atoms with E-state index in [-0.39, 0.29) is 11.9 Å². The first-order valence-corrected chi connectivity index (χ1v) is 3.19. The molecule has 2 atom stereocenters. The second-order valence-electron chi connectivity index (χ2n) is 2.86. The third-order valence-electron chi connectivity index (χ3n) is 2.12. The monoisotopic (exact) mass is 142 g/mol. The van der Waals surface area contributed by atoms with E-state index < -0.39 is 5.41 Å². The summed E-state index contributed by atoms with van der Waals surface area (Å²) in [5.41, 5.74) is -0.503. The number of ether oxygens (including phenoxy) is 1. The van der Waals surface area contributed by atoms with E-state index in [0.717, 1.165) is 6.29 Å². The first-order chi connectivity index (χ1) is 4.65. The van der Waals surface area contributed by atoms with Gasteiger partial charge in [-0.2, -0.15) is 0 Å². The Labute approximate surface area is 59.4 Å². The lowest BCUT2D eigenvalue weighted by atomic mass is 10.1. The summed E-state index contributed by atoms with van der Waals surface area (Å²) in [7, 11) is 1.34. The predicted molar refractivity (Wildman–Crippen MR) is 34.3 cm³/mol. The van der Waals surface area contributed by atoms with Gasteiger partial charge in [-0.1, -0.05) is 0 Å². The summed E-state index contributed by atoms with van der Waals surface area (Å²) in [6.07, 6.45) is 1.46. The lowest BCUT2D eigenvalue weighted by Gasteiger charge is -2.03. The van der Waals surface area contributed by atoms with E-state index in [9.17, 15) is 9.59 Å². The van der Waals surface area contributed by atoms with Crippen LogP contribution in [0.3, 0.4) is 0 Å². The van der Waals surface area contributed by atoms with Gasteiger partial charge in [0.05, 0.1) is 12.5 Å². The molecule has 0 heterocycles. The van der Waals surface area contributed by atoms with Gasteiger partial charge in [-0.3, -0.25) is 4.79 Å². The topological polar surface area (TPSA) is 43.4 Å². The molecule has 0 radical (unpaired) electrons. The fourth-order valence-corrected chi connectivity index (χ4v) is 1.06. The van der Waals surface area contributed by atoms with Crippen molar-refractivity contribution in [3.05, 3.63) is 0 Å². The zero-order valence-electron chi connectivity index (χ0n) is 6.09. The van der Waals surface area contributed by atoms with Gasteiger partial charge in [-0.05, 0) is 13.3 Å². The highest BCUT2D eigenvalue weighted by atomic mass is 16.5. The van der Waals surface area contributed by atoms with Gasteiger partial charge >= 0.3 is 5.97 Å². The molecule has 0 N–H and O–H groups in total. The molecule has 2 unspecified atom stereocenters. The summed E-state index contributed by atoms with van der Waals surface area (Å²) in [4.78, 5) is 21.1. The fraction of sp³-hybridized carbons (Fsp3) is 0.714. The molecule has 0 saturated heterocycles. The van der Waals surface area contributed by atoms with Gasteiger partial charge in [0.25, 0.3) is 0 Å². The average Bonchev–Trinajstić information content (AvgIpc) is 2.61. The van der Waals surface area contributed by atoms with E-state index in [1.54, 1.807) is 6.92 Å². The van der Waals surface area contributed by atoms with Gasteiger partial charge in [0.1, 0.15) is 6.29 Å². The smallest absolute Gasteiger partial charge is 0.312 e. The van der Waals surface area contributed by atoms with E-state index in [1.807, 2.05) is 0 Å². The van der Waals surface area contributed by atoms with Crippen molar-refractivity contribution in [1.82, 2.24) is 0 Å². The van der Waals surface area contributed by atoms with Gasteiger partial charge in [-0.25, -0.2) is 0 Å². The van der Waals surface area contributed by atoms with Crippen molar-refractivity contribution in [1.29, 1.82) is 0 Å². The largest absolute Gasteiger partial charge is 0.469 e. The lowest BCUT2D eigenvalue weighted by Crippen LogP contribution is -2.16. The lowest BCUT2D eigenvalue weighted by molar-refractivity contribution is -0.147. The minimum atomic E-state index is -0.503. The quantitative estimate of drug-likeness (QED) is 0.413. The third kappa shape index (κ3) is 0.818. The highest BCUT2D eigenvalue weighted by Crippen LogP contribution is 2.51. The van der Waals surface area contributed by atoms with Crippen molar-refractivity contribution in [2.45, 2.75) is 13.3 Å². The van der Waals surface area contributed by atoms with Crippen LogP contribution in [0.15, 0.2) is 0 Å². The molecule has 3 heteroatoms. The van der Waals surface area contributed by atoms with Gasteiger partial charge in [0, 0.05) is 5.92 Å². The van der Waals surface area contributed by atoms with Crippen molar-refractivity contribution in [2.75, 3.05) is 7.11 Å². The van der Waals surface area contributed by atoms with E-state index in [4.69, 9.17) is 0 Å². The van der Waals surface area contributed by atoms with Crippen LogP contribution in [-0.2, 0) is 14.3 Å². The number of hydrogen-bond donors (Lipinski definition) is 0. The molecule has 1 aliphatic carbocycles. The minimum absolute atomic E-state index is 0.111. The van der Waals surface area contributed by atoms with Crippen LogP contribution in [0.4, 0.5) is 0 Å².